The third-order valence-electron chi connectivity index (χ3n) is 5.44. The van der Waals surface area contributed by atoms with Gasteiger partial charge in [-0.2, -0.15) is 0 Å². The Morgan fingerprint density at radius 3 is 2.38 bits per heavy atom. The second kappa shape index (κ2) is 12.7. The molecule has 6 nitrogen and oxygen atoms in total. The summed E-state index contributed by atoms with van der Waals surface area (Å²) in [6, 6.07) is 20.4. The molecule has 0 aliphatic heterocycles. The average molecular weight is 501 g/mol. The maximum atomic E-state index is 12.3. The molecule has 3 aromatic rings. The molecule has 0 saturated heterocycles. The molecule has 3 rings (SSSR count). The Labute approximate surface area is 206 Å². The highest BCUT2D eigenvalue weighted by Gasteiger charge is 2.18. The van der Waals surface area contributed by atoms with Crippen LogP contribution in [0, 0.1) is 5.92 Å². The SMILES string of the molecule is CC(C)C(CCOc1ccc(Cc2cccs2)cc1)NCCC(=O)NS(=O)(=O)c1ccccc1. The summed E-state index contributed by atoms with van der Waals surface area (Å²) in [5.74, 6) is 0.647. The number of nitrogens with one attached hydrogen (secondary N) is 2. The molecule has 1 amide bonds. The second-order valence-electron chi connectivity index (χ2n) is 8.43. The molecule has 1 atom stereocenters. The van der Waals surface area contributed by atoms with Crippen molar-refractivity contribution in [1.82, 2.24) is 10.0 Å². The molecular weight excluding hydrogens is 468 g/mol. The number of carbonyl (C=O) groups excluding carboxylic acids is 1. The Balaban J connectivity index is 1.39. The van der Waals surface area contributed by atoms with Gasteiger partial charge in [-0.3, -0.25) is 4.79 Å². The summed E-state index contributed by atoms with van der Waals surface area (Å²) in [5.41, 5.74) is 1.25. The number of hydrogen-bond donors (Lipinski definition) is 2. The van der Waals surface area contributed by atoms with E-state index >= 15 is 0 Å². The summed E-state index contributed by atoms with van der Waals surface area (Å²) in [6.07, 6.45) is 1.78. The highest BCUT2D eigenvalue weighted by molar-refractivity contribution is 7.90. The molecule has 34 heavy (non-hydrogen) atoms. The average Bonchev–Trinajstić information content (AvgIpc) is 3.32. The lowest BCUT2D eigenvalue weighted by Gasteiger charge is -2.22. The minimum atomic E-state index is -3.84. The summed E-state index contributed by atoms with van der Waals surface area (Å²) in [5, 5.41) is 5.45. The summed E-state index contributed by atoms with van der Waals surface area (Å²) >= 11 is 1.76. The lowest BCUT2D eigenvalue weighted by Crippen LogP contribution is -2.38. The molecule has 0 spiro atoms. The zero-order valence-corrected chi connectivity index (χ0v) is 21.2. The summed E-state index contributed by atoms with van der Waals surface area (Å²) in [4.78, 5) is 13.6. The Kier molecular flexibility index (Phi) is 9.68. The number of rotatable bonds is 13. The summed E-state index contributed by atoms with van der Waals surface area (Å²) < 4.78 is 32.6. The largest absolute Gasteiger partial charge is 0.494 e. The first-order valence-electron chi connectivity index (χ1n) is 11.4. The van der Waals surface area contributed by atoms with E-state index in [1.807, 2.05) is 12.1 Å². The predicted molar refractivity (Wildman–Crippen MR) is 137 cm³/mol. The first-order chi connectivity index (χ1) is 16.3. The van der Waals surface area contributed by atoms with E-state index < -0.39 is 15.9 Å². The first kappa shape index (κ1) is 25.9. The van der Waals surface area contributed by atoms with Gasteiger partial charge in [0.15, 0.2) is 0 Å². The van der Waals surface area contributed by atoms with E-state index in [-0.39, 0.29) is 17.4 Å². The molecule has 2 aromatic carbocycles. The fourth-order valence-electron chi connectivity index (χ4n) is 3.52. The van der Waals surface area contributed by atoms with Gasteiger partial charge in [0.1, 0.15) is 5.75 Å². The van der Waals surface area contributed by atoms with E-state index in [0.29, 0.717) is 19.1 Å². The van der Waals surface area contributed by atoms with Crippen molar-refractivity contribution in [3.8, 4) is 5.75 Å². The van der Waals surface area contributed by atoms with Crippen molar-refractivity contribution in [3.05, 3.63) is 82.6 Å². The molecule has 0 fully saturated rings. The van der Waals surface area contributed by atoms with Crippen molar-refractivity contribution in [2.75, 3.05) is 13.2 Å². The van der Waals surface area contributed by atoms with E-state index in [2.05, 4.69) is 53.5 Å². The van der Waals surface area contributed by atoms with Gasteiger partial charge in [-0.05, 0) is 53.6 Å². The second-order valence-corrected chi connectivity index (χ2v) is 11.1. The van der Waals surface area contributed by atoms with Crippen molar-refractivity contribution in [2.24, 2.45) is 5.92 Å². The fourth-order valence-corrected chi connectivity index (χ4v) is 5.30. The molecule has 0 aliphatic carbocycles. The van der Waals surface area contributed by atoms with E-state index in [1.54, 1.807) is 29.5 Å². The molecule has 1 aromatic heterocycles. The van der Waals surface area contributed by atoms with Crippen LogP contribution in [0.5, 0.6) is 5.75 Å². The standard InChI is InChI=1S/C26H32N2O4S2/c1-20(2)25(27-16-14-26(29)28-34(30,31)24-8-4-3-5-9-24)15-17-32-22-12-10-21(11-13-22)19-23-7-6-18-33-23/h3-13,18,20,25,27H,14-17,19H2,1-2H3,(H,28,29). The van der Waals surface area contributed by atoms with Crippen molar-refractivity contribution in [3.63, 3.8) is 0 Å². The van der Waals surface area contributed by atoms with Crippen LogP contribution in [-0.2, 0) is 21.2 Å². The Hall–Kier alpha value is -2.68. The molecule has 0 aliphatic rings. The van der Waals surface area contributed by atoms with Gasteiger partial charge >= 0.3 is 0 Å². The van der Waals surface area contributed by atoms with Crippen molar-refractivity contribution in [1.29, 1.82) is 0 Å². The number of amides is 1. The van der Waals surface area contributed by atoms with E-state index in [0.717, 1.165) is 18.6 Å². The van der Waals surface area contributed by atoms with Crippen LogP contribution in [-0.4, -0.2) is 33.5 Å². The molecule has 1 heterocycles. The predicted octanol–water partition coefficient (Wildman–Crippen LogP) is 4.62. The van der Waals surface area contributed by atoms with Gasteiger partial charge in [0.05, 0.1) is 11.5 Å². The molecule has 2 N–H and O–H groups in total. The number of sulfonamides is 1. The van der Waals surface area contributed by atoms with E-state index in [4.69, 9.17) is 4.74 Å². The number of benzene rings is 2. The lowest BCUT2D eigenvalue weighted by atomic mass is 10.0. The molecule has 182 valence electrons. The van der Waals surface area contributed by atoms with Gasteiger partial charge in [0.25, 0.3) is 10.0 Å². The molecule has 0 bridgehead atoms. The van der Waals surface area contributed by atoms with Crippen LogP contribution in [0.1, 0.15) is 37.1 Å². The van der Waals surface area contributed by atoms with Crippen LogP contribution in [0.3, 0.4) is 0 Å². The van der Waals surface area contributed by atoms with Crippen LogP contribution in [0.25, 0.3) is 0 Å². The highest BCUT2D eigenvalue weighted by Crippen LogP contribution is 2.18. The quantitative estimate of drug-likeness (QED) is 0.358. The van der Waals surface area contributed by atoms with Gasteiger partial charge in [-0.25, -0.2) is 13.1 Å². The van der Waals surface area contributed by atoms with Gasteiger partial charge in [-0.1, -0.05) is 50.2 Å². The zero-order chi connectivity index (χ0) is 24.4. The monoisotopic (exact) mass is 500 g/mol. The maximum absolute atomic E-state index is 12.3. The third-order valence-corrected chi connectivity index (χ3v) is 7.71. The smallest absolute Gasteiger partial charge is 0.264 e. The van der Waals surface area contributed by atoms with Crippen LogP contribution in [0.2, 0.25) is 0 Å². The fraction of sp³-hybridized carbons (Fsp3) is 0.346. The third kappa shape index (κ3) is 8.27. The Morgan fingerprint density at radius 2 is 1.74 bits per heavy atom. The molecule has 0 saturated carbocycles. The number of ether oxygens (including phenoxy) is 1. The van der Waals surface area contributed by atoms with Crippen LogP contribution in [0.4, 0.5) is 0 Å². The van der Waals surface area contributed by atoms with Crippen LogP contribution < -0.4 is 14.8 Å². The lowest BCUT2D eigenvalue weighted by molar-refractivity contribution is -0.119. The van der Waals surface area contributed by atoms with Gasteiger partial charge in [0.2, 0.25) is 5.91 Å². The van der Waals surface area contributed by atoms with Gasteiger partial charge in [0, 0.05) is 30.3 Å². The van der Waals surface area contributed by atoms with Gasteiger partial charge in [-0.15, -0.1) is 11.3 Å². The number of thiophene rings is 1. The number of carbonyl (C=O) groups is 1. The molecule has 8 heteroatoms. The van der Waals surface area contributed by atoms with Gasteiger partial charge < -0.3 is 10.1 Å². The van der Waals surface area contributed by atoms with Crippen LogP contribution >= 0.6 is 11.3 Å². The Bertz CT molecular complexity index is 1110. The normalized spacial score (nSPS) is 12.4. The topological polar surface area (TPSA) is 84.5 Å². The van der Waals surface area contributed by atoms with E-state index in [1.165, 1.54) is 22.6 Å². The summed E-state index contributed by atoms with van der Waals surface area (Å²) in [7, 11) is -3.84. The minimum Gasteiger partial charge on any atom is -0.494 e. The summed E-state index contributed by atoms with van der Waals surface area (Å²) in [6.45, 7) is 5.15. The molecule has 0 radical (unpaired) electrons. The van der Waals surface area contributed by atoms with Crippen molar-refractivity contribution >= 4 is 27.3 Å². The van der Waals surface area contributed by atoms with Crippen molar-refractivity contribution in [2.45, 2.75) is 44.0 Å². The van der Waals surface area contributed by atoms with E-state index in [9.17, 15) is 13.2 Å². The zero-order valence-electron chi connectivity index (χ0n) is 19.6. The first-order valence-corrected chi connectivity index (χ1v) is 13.8. The van der Waals surface area contributed by atoms with Crippen LogP contribution in [0.15, 0.2) is 77.0 Å². The number of hydrogen-bond acceptors (Lipinski definition) is 6. The van der Waals surface area contributed by atoms with Crippen molar-refractivity contribution < 1.29 is 17.9 Å². The molecular formula is C26H32N2O4S2. The molecule has 1 unspecified atom stereocenters. The minimum absolute atomic E-state index is 0.0713. The highest BCUT2D eigenvalue weighted by atomic mass is 32.2. The Morgan fingerprint density at radius 1 is 1.00 bits per heavy atom. The maximum Gasteiger partial charge on any atom is 0.264 e.